The first-order valence-corrected chi connectivity index (χ1v) is 12.2. The van der Waals surface area contributed by atoms with Gasteiger partial charge in [0.25, 0.3) is 5.78 Å². The molecule has 180 valence electrons. The molecule has 7 nitrogen and oxygen atoms in total. The molecule has 8 heteroatoms. The van der Waals surface area contributed by atoms with Gasteiger partial charge in [0.1, 0.15) is 23.9 Å². The van der Waals surface area contributed by atoms with Crippen LogP contribution in [0.25, 0.3) is 5.76 Å². The zero-order chi connectivity index (χ0) is 24.8. The molecule has 1 N–H and O–H groups in total. The monoisotopic (exact) mass is 490 g/mol. The molecule has 1 aromatic heterocycles. The van der Waals surface area contributed by atoms with Crippen LogP contribution in [0.3, 0.4) is 0 Å². The molecule has 1 aliphatic rings. The lowest BCUT2D eigenvalue weighted by atomic mass is 9.95. The maximum Gasteiger partial charge on any atom is 0.301 e. The smallest absolute Gasteiger partial charge is 0.301 e. The minimum atomic E-state index is -0.848. The number of hydrogen-bond donors (Lipinski definition) is 1. The number of anilines is 1. The van der Waals surface area contributed by atoms with Gasteiger partial charge in [0.15, 0.2) is 5.13 Å². The second-order valence-electron chi connectivity index (χ2n) is 7.88. The first-order valence-electron chi connectivity index (χ1n) is 11.3. The van der Waals surface area contributed by atoms with Crippen molar-refractivity contribution in [1.29, 1.82) is 0 Å². The Hall–Kier alpha value is -3.91. The van der Waals surface area contributed by atoms with Gasteiger partial charge < -0.3 is 14.6 Å². The normalized spacial score (nSPS) is 16.9. The van der Waals surface area contributed by atoms with Crippen LogP contribution in [0, 0.1) is 0 Å². The van der Waals surface area contributed by atoms with E-state index in [0.29, 0.717) is 41.0 Å². The summed E-state index contributed by atoms with van der Waals surface area (Å²) in [6, 6.07) is 13.1. The molecule has 2 heterocycles. The molecule has 2 aromatic carbocycles. The number of thiazole rings is 1. The van der Waals surface area contributed by atoms with E-state index in [4.69, 9.17) is 9.47 Å². The van der Waals surface area contributed by atoms with Crippen LogP contribution in [0.5, 0.6) is 11.5 Å². The van der Waals surface area contributed by atoms with Crippen molar-refractivity contribution in [3.8, 4) is 11.5 Å². The van der Waals surface area contributed by atoms with Gasteiger partial charge in [-0.1, -0.05) is 50.3 Å². The number of nitrogens with zero attached hydrogens (tertiary/aromatic N) is 2. The molecule has 0 radical (unpaired) electrons. The number of Topliss-reactive ketones (excluding diaryl/α,β-unsaturated/α-hetero) is 1. The van der Waals surface area contributed by atoms with E-state index in [1.165, 1.54) is 16.2 Å². The van der Waals surface area contributed by atoms with E-state index >= 15 is 0 Å². The number of aromatic nitrogens is 1. The predicted molar refractivity (Wildman–Crippen MR) is 136 cm³/mol. The quantitative estimate of drug-likeness (QED) is 0.132. The number of unbranched alkanes of at least 4 members (excludes halogenated alkanes) is 1. The number of ketones is 1. The highest BCUT2D eigenvalue weighted by atomic mass is 32.1. The van der Waals surface area contributed by atoms with Gasteiger partial charge in [-0.15, -0.1) is 11.3 Å². The fourth-order valence-electron chi connectivity index (χ4n) is 3.80. The topological polar surface area (TPSA) is 89.0 Å². The number of rotatable bonds is 10. The molecule has 0 saturated carbocycles. The third-order valence-electron chi connectivity index (χ3n) is 5.51. The van der Waals surface area contributed by atoms with Crippen molar-refractivity contribution < 1.29 is 24.2 Å². The minimum absolute atomic E-state index is 0.00401. The Bertz CT molecular complexity index is 1230. The summed E-state index contributed by atoms with van der Waals surface area (Å²) in [5.41, 5.74) is 1.03. The van der Waals surface area contributed by atoms with Gasteiger partial charge in [-0.3, -0.25) is 14.5 Å². The third kappa shape index (κ3) is 5.12. The number of carbonyl (C=O) groups is 2. The molecular formula is C27H26N2O5S. The second kappa shape index (κ2) is 11.0. The minimum Gasteiger partial charge on any atom is -0.507 e. The number of ether oxygens (including phenoxy) is 2. The van der Waals surface area contributed by atoms with E-state index in [9.17, 15) is 14.7 Å². The Kier molecular flexibility index (Phi) is 7.62. The molecule has 0 bridgehead atoms. The number of carbonyl (C=O) groups excluding carboxylic acids is 2. The second-order valence-corrected chi connectivity index (χ2v) is 8.76. The van der Waals surface area contributed by atoms with Gasteiger partial charge in [-0.2, -0.15) is 0 Å². The molecule has 35 heavy (non-hydrogen) atoms. The van der Waals surface area contributed by atoms with Gasteiger partial charge in [0, 0.05) is 17.1 Å². The van der Waals surface area contributed by atoms with Crippen LogP contribution < -0.4 is 14.4 Å². The number of amides is 1. The Morgan fingerprint density at radius 2 is 1.97 bits per heavy atom. The van der Waals surface area contributed by atoms with Crippen LogP contribution in [-0.2, 0) is 9.59 Å². The van der Waals surface area contributed by atoms with Crippen molar-refractivity contribution in [2.45, 2.75) is 25.8 Å². The molecule has 1 atom stereocenters. The lowest BCUT2D eigenvalue weighted by Gasteiger charge is -2.23. The Labute approximate surface area is 208 Å². The summed E-state index contributed by atoms with van der Waals surface area (Å²) in [7, 11) is 0. The summed E-state index contributed by atoms with van der Waals surface area (Å²) < 4.78 is 11.3. The summed E-state index contributed by atoms with van der Waals surface area (Å²) in [4.78, 5) is 31.9. The van der Waals surface area contributed by atoms with Crippen LogP contribution in [0.15, 0.2) is 78.3 Å². The third-order valence-corrected chi connectivity index (χ3v) is 6.28. The van der Waals surface area contributed by atoms with Gasteiger partial charge in [0.2, 0.25) is 0 Å². The maximum atomic E-state index is 13.2. The highest BCUT2D eigenvalue weighted by Gasteiger charge is 2.48. The van der Waals surface area contributed by atoms with E-state index in [0.717, 1.165) is 12.8 Å². The van der Waals surface area contributed by atoms with Gasteiger partial charge >= 0.3 is 5.91 Å². The first-order chi connectivity index (χ1) is 17.0. The van der Waals surface area contributed by atoms with Crippen molar-refractivity contribution in [3.05, 3.63) is 89.5 Å². The standard InChI is InChI=1S/C27H26N2O5S/c1-3-5-15-34-21-8-6-7-19(17-21)24(30)22-23(18-9-11-20(12-10-18)33-14-4-2)29(26(32)25(22)31)27-28-13-16-35-27/h4,6-13,16-17,23,30H,2-3,5,14-15H2,1H3. The lowest BCUT2D eigenvalue weighted by molar-refractivity contribution is -0.132. The van der Waals surface area contributed by atoms with Gasteiger partial charge in [0.05, 0.1) is 18.2 Å². The van der Waals surface area contributed by atoms with Crippen LogP contribution >= 0.6 is 11.3 Å². The summed E-state index contributed by atoms with van der Waals surface area (Å²) in [6.45, 7) is 6.62. The summed E-state index contributed by atoms with van der Waals surface area (Å²) in [5.74, 6) is -0.574. The van der Waals surface area contributed by atoms with Crippen molar-refractivity contribution in [2.75, 3.05) is 18.1 Å². The molecule has 1 fully saturated rings. The molecule has 0 spiro atoms. The zero-order valence-corrected chi connectivity index (χ0v) is 20.2. The molecule has 1 unspecified atom stereocenters. The maximum absolute atomic E-state index is 13.2. The number of aliphatic hydroxyl groups excluding tert-OH is 1. The zero-order valence-electron chi connectivity index (χ0n) is 19.3. The van der Waals surface area contributed by atoms with E-state index in [1.54, 1.807) is 66.2 Å². The summed E-state index contributed by atoms with van der Waals surface area (Å²) in [5, 5.41) is 13.4. The average Bonchev–Trinajstić information content (AvgIpc) is 3.50. The van der Waals surface area contributed by atoms with Crippen molar-refractivity contribution in [1.82, 2.24) is 4.98 Å². The Balaban J connectivity index is 1.78. The molecule has 1 amide bonds. The van der Waals surface area contributed by atoms with Crippen molar-refractivity contribution in [3.63, 3.8) is 0 Å². The molecule has 0 aliphatic carbocycles. The molecule has 1 aliphatic heterocycles. The molecule has 4 rings (SSSR count). The summed E-state index contributed by atoms with van der Waals surface area (Å²) in [6.07, 6.45) is 5.12. The van der Waals surface area contributed by atoms with Crippen molar-refractivity contribution in [2.24, 2.45) is 0 Å². The Morgan fingerprint density at radius 3 is 2.66 bits per heavy atom. The first kappa shape index (κ1) is 24.2. The number of benzene rings is 2. The predicted octanol–water partition coefficient (Wildman–Crippen LogP) is 5.51. The van der Waals surface area contributed by atoms with E-state index < -0.39 is 17.7 Å². The van der Waals surface area contributed by atoms with Gasteiger partial charge in [-0.25, -0.2) is 4.98 Å². The fraction of sp³-hybridized carbons (Fsp3) is 0.222. The molecule has 1 saturated heterocycles. The number of aliphatic hydroxyl groups is 1. The largest absolute Gasteiger partial charge is 0.507 e. The lowest BCUT2D eigenvalue weighted by Crippen LogP contribution is -2.29. The van der Waals surface area contributed by atoms with Crippen LogP contribution in [0.4, 0.5) is 5.13 Å². The molecule has 3 aromatic rings. The highest BCUT2D eigenvalue weighted by molar-refractivity contribution is 7.14. The van der Waals surface area contributed by atoms with Crippen LogP contribution in [0.1, 0.15) is 36.9 Å². The average molecular weight is 491 g/mol. The van der Waals surface area contributed by atoms with Gasteiger partial charge in [-0.05, 0) is 36.2 Å². The highest BCUT2D eigenvalue weighted by Crippen LogP contribution is 2.43. The SMILES string of the molecule is C=CCOc1ccc(C2C(=C(O)c3cccc(OCCCC)c3)C(=O)C(=O)N2c2nccs2)cc1. The van der Waals surface area contributed by atoms with E-state index in [1.807, 2.05) is 0 Å². The molecular weight excluding hydrogens is 464 g/mol. The van der Waals surface area contributed by atoms with Crippen molar-refractivity contribution >= 4 is 33.9 Å². The van der Waals surface area contributed by atoms with Crippen LogP contribution in [-0.4, -0.2) is 35.0 Å². The fourth-order valence-corrected chi connectivity index (χ4v) is 4.47. The Morgan fingerprint density at radius 1 is 1.17 bits per heavy atom. The van der Waals surface area contributed by atoms with E-state index in [2.05, 4.69) is 18.5 Å². The van der Waals surface area contributed by atoms with E-state index in [-0.39, 0.29) is 11.3 Å². The summed E-state index contributed by atoms with van der Waals surface area (Å²) >= 11 is 1.24. The number of hydrogen-bond acceptors (Lipinski definition) is 7. The van der Waals surface area contributed by atoms with Crippen LogP contribution in [0.2, 0.25) is 0 Å².